The fourth-order valence-electron chi connectivity index (χ4n) is 4.01. The van der Waals surface area contributed by atoms with E-state index in [0.29, 0.717) is 40.4 Å². The number of carbonyl (C=O) groups is 2. The lowest BCUT2D eigenvalue weighted by Crippen LogP contribution is -2.44. The summed E-state index contributed by atoms with van der Waals surface area (Å²) in [5, 5.41) is 2.71. The molecule has 0 unspecified atom stereocenters. The van der Waals surface area contributed by atoms with E-state index >= 15 is 0 Å². The van der Waals surface area contributed by atoms with Gasteiger partial charge < -0.3 is 24.3 Å². The van der Waals surface area contributed by atoms with Crippen LogP contribution in [0.1, 0.15) is 18.9 Å². The van der Waals surface area contributed by atoms with Crippen LogP contribution < -0.4 is 24.3 Å². The van der Waals surface area contributed by atoms with Crippen molar-refractivity contribution in [1.29, 1.82) is 0 Å². The molecule has 2 amide bonds. The number of ether oxygens (including phenoxy) is 4. The molecule has 0 spiro atoms. The van der Waals surface area contributed by atoms with Crippen LogP contribution in [-0.4, -0.2) is 47.6 Å². The van der Waals surface area contributed by atoms with Crippen LogP contribution in [0.2, 0.25) is 0 Å². The first-order valence-corrected chi connectivity index (χ1v) is 13.0. The summed E-state index contributed by atoms with van der Waals surface area (Å²) in [5.41, 5.74) is 2.13. The van der Waals surface area contributed by atoms with Gasteiger partial charge in [0.1, 0.15) is 16.7 Å². The first-order valence-electron chi connectivity index (χ1n) is 12.1. The van der Waals surface area contributed by atoms with Crippen LogP contribution in [0.25, 0.3) is 0 Å². The van der Waals surface area contributed by atoms with Crippen LogP contribution in [0.4, 0.5) is 11.4 Å². The highest BCUT2D eigenvalue weighted by atomic mass is 32.2. The number of thioether (sulfide) groups is 1. The second kappa shape index (κ2) is 11.5. The molecule has 0 radical (unpaired) electrons. The molecule has 1 N–H and O–H groups in total. The highest BCUT2D eigenvalue weighted by Crippen LogP contribution is 2.35. The van der Waals surface area contributed by atoms with Gasteiger partial charge in [-0.05, 0) is 73.2 Å². The molecule has 3 aromatic rings. The number of hydrogen-bond donors (Lipinski definition) is 1. The van der Waals surface area contributed by atoms with Gasteiger partial charge in [0.2, 0.25) is 18.6 Å². The Morgan fingerprint density at radius 2 is 1.79 bits per heavy atom. The SMILES string of the molecule is CCOc1ccc(NC(=O)[C@@H]2CC(=O)N(Cc3ccc4c(c3)OCO4)C(=Nc3ccc(OC)cc3)S2)cc1. The van der Waals surface area contributed by atoms with Crippen molar-refractivity contribution in [2.45, 2.75) is 25.1 Å². The van der Waals surface area contributed by atoms with Crippen molar-refractivity contribution < 1.29 is 28.5 Å². The average Bonchev–Trinajstić information content (AvgIpc) is 3.40. The number of rotatable bonds is 8. The van der Waals surface area contributed by atoms with Crippen LogP contribution in [0.3, 0.4) is 0 Å². The largest absolute Gasteiger partial charge is 0.497 e. The first-order chi connectivity index (χ1) is 18.5. The highest BCUT2D eigenvalue weighted by Gasteiger charge is 2.36. The minimum Gasteiger partial charge on any atom is -0.497 e. The minimum atomic E-state index is -0.640. The molecule has 9 nitrogen and oxygen atoms in total. The predicted octanol–water partition coefficient (Wildman–Crippen LogP) is 4.98. The van der Waals surface area contributed by atoms with E-state index in [0.717, 1.165) is 11.3 Å². The van der Waals surface area contributed by atoms with Crippen molar-refractivity contribution >= 4 is 40.1 Å². The van der Waals surface area contributed by atoms with E-state index in [9.17, 15) is 9.59 Å². The Morgan fingerprint density at radius 3 is 2.53 bits per heavy atom. The molecule has 0 saturated carbocycles. The minimum absolute atomic E-state index is 0.0414. The smallest absolute Gasteiger partial charge is 0.238 e. The number of methoxy groups -OCH3 is 1. The second-order valence-corrected chi connectivity index (χ2v) is 9.69. The molecule has 1 fully saturated rings. The van der Waals surface area contributed by atoms with Crippen LogP contribution in [0.5, 0.6) is 23.0 Å². The van der Waals surface area contributed by atoms with Crippen LogP contribution in [0.15, 0.2) is 71.7 Å². The summed E-state index contributed by atoms with van der Waals surface area (Å²) in [6.07, 6.45) is 0.0414. The van der Waals surface area contributed by atoms with E-state index in [1.165, 1.54) is 11.8 Å². The number of carbonyl (C=O) groups excluding carboxylic acids is 2. The summed E-state index contributed by atoms with van der Waals surface area (Å²) < 4.78 is 21.6. The van der Waals surface area contributed by atoms with Crippen molar-refractivity contribution in [2.24, 2.45) is 4.99 Å². The maximum absolute atomic E-state index is 13.4. The molecule has 1 saturated heterocycles. The van der Waals surface area contributed by atoms with Gasteiger partial charge in [0.25, 0.3) is 0 Å². The molecule has 196 valence electrons. The molecule has 2 aliphatic rings. The summed E-state index contributed by atoms with van der Waals surface area (Å²) in [4.78, 5) is 32.9. The lowest BCUT2D eigenvalue weighted by Gasteiger charge is -2.32. The molecule has 1 atom stereocenters. The second-order valence-electron chi connectivity index (χ2n) is 8.52. The first kappa shape index (κ1) is 25.5. The zero-order valence-electron chi connectivity index (χ0n) is 21.0. The van der Waals surface area contributed by atoms with Crippen molar-refractivity contribution in [2.75, 3.05) is 25.8 Å². The standard InChI is InChI=1S/C28H27N3O6S/c1-3-35-22-11-7-19(8-12-22)29-27(33)25-15-26(32)31(16-18-4-13-23-24(14-18)37-17-36-23)28(38-25)30-20-5-9-21(34-2)10-6-20/h4-14,25H,3,15-17H2,1-2H3,(H,29,33)/t25-/m0/s1. The molecule has 38 heavy (non-hydrogen) atoms. The number of nitrogens with one attached hydrogen (secondary N) is 1. The average molecular weight is 534 g/mol. The predicted molar refractivity (Wildman–Crippen MR) is 145 cm³/mol. The number of amides is 2. The van der Waals surface area contributed by atoms with Crippen LogP contribution in [-0.2, 0) is 16.1 Å². The molecule has 2 heterocycles. The lowest BCUT2D eigenvalue weighted by molar-refractivity contribution is -0.129. The molecule has 0 aromatic heterocycles. The van der Waals surface area contributed by atoms with E-state index in [-0.39, 0.29) is 31.6 Å². The van der Waals surface area contributed by atoms with E-state index in [1.54, 1.807) is 60.5 Å². The zero-order valence-corrected chi connectivity index (χ0v) is 21.8. The Balaban J connectivity index is 1.37. The normalized spacial score (nSPS) is 17.4. The number of nitrogens with zero attached hydrogens (tertiary/aromatic N) is 2. The van der Waals surface area contributed by atoms with Gasteiger partial charge in [0.15, 0.2) is 16.7 Å². The number of anilines is 1. The third kappa shape index (κ3) is 5.86. The number of hydrogen-bond acceptors (Lipinski definition) is 8. The maximum atomic E-state index is 13.4. The fourth-order valence-corrected chi connectivity index (χ4v) is 5.11. The number of amidine groups is 1. The Labute approximate surface area is 224 Å². The van der Waals surface area contributed by atoms with E-state index in [2.05, 4.69) is 5.32 Å². The van der Waals surface area contributed by atoms with Crippen molar-refractivity contribution in [3.63, 3.8) is 0 Å². The van der Waals surface area contributed by atoms with Crippen molar-refractivity contribution in [3.8, 4) is 23.0 Å². The van der Waals surface area contributed by atoms with E-state index in [4.69, 9.17) is 23.9 Å². The summed E-state index contributed by atoms with van der Waals surface area (Å²) in [6.45, 7) is 2.93. The Kier molecular flexibility index (Phi) is 7.69. The van der Waals surface area contributed by atoms with Gasteiger partial charge in [-0.2, -0.15) is 0 Å². The topological polar surface area (TPSA) is 98.7 Å². The summed E-state index contributed by atoms with van der Waals surface area (Å²) in [7, 11) is 1.59. The van der Waals surface area contributed by atoms with Crippen LogP contribution in [0, 0.1) is 0 Å². The summed E-state index contributed by atoms with van der Waals surface area (Å²) >= 11 is 1.26. The molecule has 5 rings (SSSR count). The Bertz CT molecular complexity index is 1340. The maximum Gasteiger partial charge on any atom is 0.238 e. The molecule has 2 aliphatic heterocycles. The molecule has 10 heteroatoms. The van der Waals surface area contributed by atoms with Crippen molar-refractivity contribution in [1.82, 2.24) is 4.90 Å². The number of fused-ring (bicyclic) bond motifs is 1. The molecule has 0 bridgehead atoms. The van der Waals surface area contributed by atoms with Gasteiger partial charge >= 0.3 is 0 Å². The van der Waals surface area contributed by atoms with Crippen LogP contribution >= 0.6 is 11.8 Å². The van der Waals surface area contributed by atoms with Gasteiger partial charge in [-0.15, -0.1) is 0 Å². The zero-order chi connectivity index (χ0) is 26.5. The molecular formula is C28H27N3O6S. The van der Waals surface area contributed by atoms with Crippen molar-refractivity contribution in [3.05, 3.63) is 72.3 Å². The Morgan fingerprint density at radius 1 is 1.05 bits per heavy atom. The molecular weight excluding hydrogens is 506 g/mol. The summed E-state index contributed by atoms with van der Waals surface area (Å²) in [6, 6.07) is 19.9. The quantitative estimate of drug-likeness (QED) is 0.436. The monoisotopic (exact) mass is 533 g/mol. The fraction of sp³-hybridized carbons (Fsp3) is 0.250. The number of aliphatic imine (C=N–C) groups is 1. The van der Waals surface area contributed by atoms with E-state index in [1.807, 2.05) is 25.1 Å². The van der Waals surface area contributed by atoms with Gasteiger partial charge in [-0.25, -0.2) is 4.99 Å². The Hall–Kier alpha value is -4.18. The van der Waals surface area contributed by atoms with Gasteiger partial charge in [-0.1, -0.05) is 17.8 Å². The third-order valence-corrected chi connectivity index (χ3v) is 7.13. The van der Waals surface area contributed by atoms with Gasteiger partial charge in [-0.3, -0.25) is 14.5 Å². The number of benzene rings is 3. The molecule has 0 aliphatic carbocycles. The highest BCUT2D eigenvalue weighted by molar-refractivity contribution is 8.15. The summed E-state index contributed by atoms with van der Waals surface area (Å²) in [5.74, 6) is 2.28. The molecule has 3 aromatic carbocycles. The van der Waals surface area contributed by atoms with Gasteiger partial charge in [0, 0.05) is 12.1 Å². The van der Waals surface area contributed by atoms with Gasteiger partial charge in [0.05, 0.1) is 25.9 Å². The lowest BCUT2D eigenvalue weighted by atomic mass is 10.1. The van der Waals surface area contributed by atoms with E-state index < -0.39 is 5.25 Å². The third-order valence-electron chi connectivity index (χ3n) is 5.94.